The van der Waals surface area contributed by atoms with E-state index < -0.39 is 0 Å². The van der Waals surface area contributed by atoms with Gasteiger partial charge in [-0.05, 0) is 0 Å². The molecule has 1 heterocycles. The molecular formula is C7H15N11. The van der Waals surface area contributed by atoms with Gasteiger partial charge in [-0.3, -0.25) is 5.43 Å². The van der Waals surface area contributed by atoms with Crippen molar-refractivity contribution < 1.29 is 0 Å². The first-order chi connectivity index (χ1) is 8.65. The molecule has 0 aromatic carbocycles. The minimum atomic E-state index is 0.0668. The topological polar surface area (TPSA) is 190 Å². The number of nitrogens with zero attached hydrogens (tertiary/aromatic N) is 5. The smallest absolute Gasteiger partial charge is 0.262 e. The Morgan fingerprint density at radius 3 is 2.50 bits per heavy atom. The Balaban J connectivity index is 2.50. The van der Waals surface area contributed by atoms with Crippen LogP contribution >= 0.6 is 0 Å². The van der Waals surface area contributed by atoms with Crippen LogP contribution in [-0.4, -0.2) is 45.2 Å². The zero-order valence-electron chi connectivity index (χ0n) is 9.59. The molecule has 0 atom stereocenters. The SMILES string of the molecule is N=C(CN)CNc1nnc(CN=C(N)NN)nn1. The molecule has 0 radical (unpaired) electrons. The van der Waals surface area contributed by atoms with E-state index >= 15 is 0 Å². The number of aliphatic imine (C=N–C) groups is 1. The Morgan fingerprint density at radius 2 is 1.94 bits per heavy atom. The van der Waals surface area contributed by atoms with Crippen LogP contribution in [0.1, 0.15) is 5.82 Å². The summed E-state index contributed by atoms with van der Waals surface area (Å²) in [6.07, 6.45) is 0. The molecule has 1 rings (SSSR count). The highest BCUT2D eigenvalue weighted by Crippen LogP contribution is 1.93. The normalized spacial score (nSPS) is 11.1. The van der Waals surface area contributed by atoms with Crippen LogP contribution in [-0.2, 0) is 6.54 Å². The summed E-state index contributed by atoms with van der Waals surface area (Å²) in [5.41, 5.74) is 13.1. The molecule has 0 bridgehead atoms. The molecule has 0 saturated carbocycles. The summed E-state index contributed by atoms with van der Waals surface area (Å²) in [5.74, 6) is 5.60. The van der Waals surface area contributed by atoms with Crippen LogP contribution in [0.15, 0.2) is 4.99 Å². The Hall–Kier alpha value is -2.40. The Morgan fingerprint density at radius 1 is 1.28 bits per heavy atom. The van der Waals surface area contributed by atoms with E-state index in [1.165, 1.54) is 0 Å². The molecule has 98 valence electrons. The summed E-state index contributed by atoms with van der Waals surface area (Å²) in [6, 6.07) is 0. The highest BCUT2D eigenvalue weighted by atomic mass is 15.4. The second kappa shape index (κ2) is 7.03. The lowest BCUT2D eigenvalue weighted by Gasteiger charge is -2.03. The molecule has 0 fully saturated rings. The van der Waals surface area contributed by atoms with Crippen LogP contribution < -0.4 is 28.1 Å². The van der Waals surface area contributed by atoms with E-state index in [0.717, 1.165) is 0 Å². The second-order valence-corrected chi connectivity index (χ2v) is 3.15. The van der Waals surface area contributed by atoms with E-state index in [1.807, 2.05) is 0 Å². The quantitative estimate of drug-likeness (QED) is 0.132. The van der Waals surface area contributed by atoms with Gasteiger partial charge in [-0.2, -0.15) is 0 Å². The fourth-order valence-electron chi connectivity index (χ4n) is 0.844. The van der Waals surface area contributed by atoms with Crippen molar-refractivity contribution in [2.45, 2.75) is 6.54 Å². The molecule has 1 aromatic rings. The van der Waals surface area contributed by atoms with E-state index in [4.69, 9.17) is 22.7 Å². The minimum Gasteiger partial charge on any atom is -0.369 e. The molecule has 11 nitrogen and oxygen atoms in total. The van der Waals surface area contributed by atoms with E-state index in [-0.39, 0.29) is 31.5 Å². The van der Waals surface area contributed by atoms with Crippen molar-refractivity contribution in [3.05, 3.63) is 5.82 Å². The summed E-state index contributed by atoms with van der Waals surface area (Å²) in [5, 5.41) is 25.1. The van der Waals surface area contributed by atoms with Crippen molar-refractivity contribution in [1.82, 2.24) is 25.8 Å². The third kappa shape index (κ3) is 4.63. The molecule has 0 amide bonds. The zero-order valence-corrected chi connectivity index (χ0v) is 9.59. The van der Waals surface area contributed by atoms with Crippen LogP contribution in [0.3, 0.4) is 0 Å². The van der Waals surface area contributed by atoms with Gasteiger partial charge < -0.3 is 22.2 Å². The van der Waals surface area contributed by atoms with Gasteiger partial charge >= 0.3 is 0 Å². The molecule has 0 aliphatic heterocycles. The standard InChI is InChI=1S/C7H15N11/c8-1-4(9)2-13-7-17-15-5(16-18-7)3-12-6(10)14-11/h9H,1-3,8,11H2,(H3,10,12,14)(H,13,17,18). The van der Waals surface area contributed by atoms with Gasteiger partial charge in [0.25, 0.3) is 5.95 Å². The lowest BCUT2D eigenvalue weighted by molar-refractivity contribution is 0.758. The van der Waals surface area contributed by atoms with Crippen molar-refractivity contribution in [2.75, 3.05) is 18.4 Å². The van der Waals surface area contributed by atoms with E-state index in [2.05, 4.69) is 36.1 Å². The molecule has 11 heteroatoms. The summed E-state index contributed by atoms with van der Waals surface area (Å²) in [4.78, 5) is 3.81. The van der Waals surface area contributed by atoms with E-state index in [0.29, 0.717) is 11.5 Å². The van der Waals surface area contributed by atoms with Crippen LogP contribution in [0.2, 0.25) is 0 Å². The number of rotatable bonds is 6. The van der Waals surface area contributed by atoms with Crippen LogP contribution in [0.5, 0.6) is 0 Å². The lowest BCUT2D eigenvalue weighted by Crippen LogP contribution is -2.37. The highest BCUT2D eigenvalue weighted by Gasteiger charge is 2.01. The van der Waals surface area contributed by atoms with Crippen LogP contribution in [0.4, 0.5) is 5.95 Å². The van der Waals surface area contributed by atoms with Gasteiger partial charge in [0, 0.05) is 12.3 Å². The van der Waals surface area contributed by atoms with Crippen molar-refractivity contribution in [2.24, 2.45) is 22.3 Å². The average Bonchev–Trinajstić information content (AvgIpc) is 2.43. The molecule has 18 heavy (non-hydrogen) atoms. The molecule has 0 saturated heterocycles. The molecule has 0 aliphatic rings. The predicted octanol–water partition coefficient (Wildman–Crippen LogP) is -3.07. The first-order valence-corrected chi connectivity index (χ1v) is 4.98. The maximum atomic E-state index is 7.33. The second-order valence-electron chi connectivity index (χ2n) is 3.15. The highest BCUT2D eigenvalue weighted by molar-refractivity contribution is 5.86. The Kier molecular flexibility index (Phi) is 5.34. The van der Waals surface area contributed by atoms with Crippen LogP contribution in [0.25, 0.3) is 0 Å². The minimum absolute atomic E-state index is 0.0668. The van der Waals surface area contributed by atoms with Gasteiger partial charge in [-0.15, -0.1) is 20.4 Å². The fourth-order valence-corrected chi connectivity index (χ4v) is 0.844. The third-order valence-electron chi connectivity index (χ3n) is 1.77. The predicted molar refractivity (Wildman–Crippen MR) is 65.5 cm³/mol. The number of nitrogens with one attached hydrogen (secondary N) is 3. The number of aromatic nitrogens is 4. The summed E-state index contributed by atoms with van der Waals surface area (Å²) in [6.45, 7) is 0.544. The first kappa shape index (κ1) is 13.7. The van der Waals surface area contributed by atoms with E-state index in [9.17, 15) is 0 Å². The molecule has 0 unspecified atom stereocenters. The Labute approximate surface area is 103 Å². The third-order valence-corrected chi connectivity index (χ3v) is 1.77. The Bertz CT molecular complexity index is 410. The number of hydrazine groups is 1. The molecule has 1 aromatic heterocycles. The van der Waals surface area contributed by atoms with E-state index in [1.54, 1.807) is 0 Å². The number of guanidine groups is 1. The average molecular weight is 253 g/mol. The molecular weight excluding hydrogens is 238 g/mol. The number of nitrogens with two attached hydrogens (primary N) is 3. The van der Waals surface area contributed by atoms with Gasteiger partial charge in [0.2, 0.25) is 5.96 Å². The number of hydrogen-bond acceptors (Lipinski definition) is 9. The maximum absolute atomic E-state index is 7.33. The number of hydrogen-bond donors (Lipinski definition) is 6. The molecule has 0 spiro atoms. The summed E-state index contributed by atoms with van der Waals surface area (Å²) >= 11 is 0. The van der Waals surface area contributed by atoms with Crippen molar-refractivity contribution in [3.8, 4) is 0 Å². The largest absolute Gasteiger partial charge is 0.369 e. The molecule has 0 aliphatic carbocycles. The van der Waals surface area contributed by atoms with Gasteiger partial charge in [-0.1, -0.05) is 0 Å². The van der Waals surface area contributed by atoms with Crippen molar-refractivity contribution in [3.63, 3.8) is 0 Å². The number of anilines is 1. The first-order valence-electron chi connectivity index (χ1n) is 4.98. The van der Waals surface area contributed by atoms with Crippen LogP contribution in [0, 0.1) is 5.41 Å². The molecule has 9 N–H and O–H groups in total. The van der Waals surface area contributed by atoms with Crippen molar-refractivity contribution >= 4 is 17.6 Å². The summed E-state index contributed by atoms with van der Waals surface area (Å²) < 4.78 is 0. The monoisotopic (exact) mass is 253 g/mol. The zero-order chi connectivity index (χ0) is 13.4. The fraction of sp³-hybridized carbons (Fsp3) is 0.429. The van der Waals surface area contributed by atoms with Crippen molar-refractivity contribution in [1.29, 1.82) is 5.41 Å². The lowest BCUT2D eigenvalue weighted by atomic mass is 10.4. The maximum Gasteiger partial charge on any atom is 0.262 e. The summed E-state index contributed by atoms with van der Waals surface area (Å²) in [7, 11) is 0. The van der Waals surface area contributed by atoms with Gasteiger partial charge in [0.15, 0.2) is 5.82 Å². The van der Waals surface area contributed by atoms with Gasteiger partial charge in [0.05, 0.1) is 6.54 Å². The van der Waals surface area contributed by atoms with Gasteiger partial charge in [0.1, 0.15) is 6.54 Å². The van der Waals surface area contributed by atoms with Gasteiger partial charge in [-0.25, -0.2) is 10.8 Å².